The Hall–Kier alpha value is -0.0800. The molecule has 0 atom stereocenters. The summed E-state index contributed by atoms with van der Waals surface area (Å²) in [5.41, 5.74) is 1.27. The molecule has 1 rings (SSSR count). The Morgan fingerprint density at radius 1 is 1.78 bits per heavy atom. The number of aryl methyl sites for hydroxylation is 1. The SMILES string of the molecule is Cc1csc(CCl)[n+]1C. The Kier molecular flexibility index (Phi) is 2.09. The molecular formula is C6H9ClNS+. The molecule has 0 aliphatic carbocycles. The molecule has 1 nitrogen and oxygen atoms in total. The summed E-state index contributed by atoms with van der Waals surface area (Å²) < 4.78 is 2.11. The molecule has 3 heteroatoms. The van der Waals surface area contributed by atoms with Gasteiger partial charge in [-0.25, -0.2) is 0 Å². The van der Waals surface area contributed by atoms with E-state index in [4.69, 9.17) is 11.6 Å². The Morgan fingerprint density at radius 2 is 2.44 bits per heavy atom. The normalized spacial score (nSPS) is 10.1. The van der Waals surface area contributed by atoms with Crippen LogP contribution in [0.3, 0.4) is 0 Å². The van der Waals surface area contributed by atoms with Crippen molar-refractivity contribution in [1.29, 1.82) is 0 Å². The molecule has 0 saturated heterocycles. The maximum Gasteiger partial charge on any atom is 0.252 e. The molecule has 0 unspecified atom stereocenters. The summed E-state index contributed by atoms with van der Waals surface area (Å²) in [5, 5.41) is 3.33. The smallest absolute Gasteiger partial charge is 0.192 e. The summed E-state index contributed by atoms with van der Waals surface area (Å²) in [7, 11) is 2.03. The van der Waals surface area contributed by atoms with Gasteiger partial charge in [-0.05, 0) is 0 Å². The van der Waals surface area contributed by atoms with Crippen molar-refractivity contribution in [1.82, 2.24) is 0 Å². The van der Waals surface area contributed by atoms with Gasteiger partial charge < -0.3 is 0 Å². The zero-order chi connectivity index (χ0) is 6.85. The van der Waals surface area contributed by atoms with Crippen molar-refractivity contribution in [3.05, 3.63) is 16.1 Å². The lowest BCUT2D eigenvalue weighted by molar-refractivity contribution is -0.679. The van der Waals surface area contributed by atoms with Crippen LogP contribution in [0, 0.1) is 6.92 Å². The van der Waals surface area contributed by atoms with Crippen molar-refractivity contribution < 1.29 is 4.57 Å². The lowest BCUT2D eigenvalue weighted by atomic mass is 10.5. The predicted molar refractivity (Wildman–Crippen MR) is 39.8 cm³/mol. The van der Waals surface area contributed by atoms with Gasteiger partial charge in [0.05, 0.1) is 5.38 Å². The van der Waals surface area contributed by atoms with Crippen LogP contribution >= 0.6 is 22.9 Å². The van der Waals surface area contributed by atoms with E-state index in [9.17, 15) is 0 Å². The fourth-order valence-electron chi connectivity index (χ4n) is 0.629. The van der Waals surface area contributed by atoms with E-state index in [1.165, 1.54) is 10.7 Å². The minimum atomic E-state index is 0.620. The molecule has 1 aromatic rings. The maximum absolute atomic E-state index is 5.64. The Morgan fingerprint density at radius 3 is 2.67 bits per heavy atom. The molecule has 0 amide bonds. The van der Waals surface area contributed by atoms with Crippen LogP contribution in [0.5, 0.6) is 0 Å². The highest BCUT2D eigenvalue weighted by molar-refractivity contribution is 7.09. The van der Waals surface area contributed by atoms with Crippen molar-refractivity contribution >= 4 is 22.9 Å². The quantitative estimate of drug-likeness (QED) is 0.437. The van der Waals surface area contributed by atoms with Crippen LogP contribution in [0.2, 0.25) is 0 Å². The van der Waals surface area contributed by atoms with Crippen LogP contribution in [-0.4, -0.2) is 0 Å². The first-order valence-corrected chi connectivity index (χ1v) is 4.16. The average molecular weight is 163 g/mol. The van der Waals surface area contributed by atoms with Crippen molar-refractivity contribution in [2.24, 2.45) is 7.05 Å². The van der Waals surface area contributed by atoms with Crippen molar-refractivity contribution in [3.63, 3.8) is 0 Å². The third kappa shape index (κ3) is 1.25. The number of hydrogen-bond donors (Lipinski definition) is 0. The maximum atomic E-state index is 5.64. The summed E-state index contributed by atoms with van der Waals surface area (Å²) in [5.74, 6) is 0.620. The standard InChI is InChI=1S/C6H9ClNS/c1-5-4-9-6(3-7)8(5)2/h4H,3H2,1-2H3/q+1. The summed E-state index contributed by atoms with van der Waals surface area (Å²) in [6, 6.07) is 0. The molecule has 0 aliphatic rings. The minimum absolute atomic E-state index is 0.620. The molecule has 0 bridgehead atoms. The number of aromatic nitrogens is 1. The molecule has 0 spiro atoms. The van der Waals surface area contributed by atoms with Crippen molar-refractivity contribution in [3.8, 4) is 0 Å². The number of nitrogens with zero attached hydrogens (tertiary/aromatic N) is 1. The Balaban J connectivity index is 3.04. The van der Waals surface area contributed by atoms with E-state index in [2.05, 4.69) is 16.9 Å². The summed E-state index contributed by atoms with van der Waals surface area (Å²) in [6.07, 6.45) is 0. The molecule has 9 heavy (non-hydrogen) atoms. The summed E-state index contributed by atoms with van der Waals surface area (Å²) in [6.45, 7) is 2.08. The highest BCUT2D eigenvalue weighted by Crippen LogP contribution is 2.07. The first-order valence-electron chi connectivity index (χ1n) is 2.74. The summed E-state index contributed by atoms with van der Waals surface area (Å²) in [4.78, 5) is 0. The fourth-order valence-corrected chi connectivity index (χ4v) is 1.83. The summed E-state index contributed by atoms with van der Waals surface area (Å²) >= 11 is 7.34. The van der Waals surface area contributed by atoms with E-state index in [0.29, 0.717) is 5.88 Å². The topological polar surface area (TPSA) is 3.88 Å². The van der Waals surface area contributed by atoms with Crippen LogP contribution in [0.4, 0.5) is 0 Å². The van der Waals surface area contributed by atoms with E-state index in [1.807, 2.05) is 7.05 Å². The van der Waals surface area contributed by atoms with Crippen molar-refractivity contribution in [2.45, 2.75) is 12.8 Å². The van der Waals surface area contributed by atoms with Gasteiger partial charge >= 0.3 is 0 Å². The number of alkyl halides is 1. The number of hydrogen-bond acceptors (Lipinski definition) is 1. The predicted octanol–water partition coefficient (Wildman–Crippen LogP) is 1.62. The molecule has 0 saturated carbocycles. The molecule has 1 aromatic heterocycles. The first kappa shape index (κ1) is 7.03. The third-order valence-corrected chi connectivity index (χ3v) is 2.94. The van der Waals surface area contributed by atoms with E-state index < -0.39 is 0 Å². The van der Waals surface area contributed by atoms with Crippen molar-refractivity contribution in [2.75, 3.05) is 0 Å². The highest BCUT2D eigenvalue weighted by Gasteiger charge is 2.09. The fraction of sp³-hybridized carbons (Fsp3) is 0.500. The lowest BCUT2D eigenvalue weighted by Crippen LogP contribution is -2.32. The molecule has 0 N–H and O–H groups in total. The molecule has 0 aromatic carbocycles. The molecule has 1 heterocycles. The number of thiazole rings is 1. The largest absolute Gasteiger partial charge is 0.252 e. The van der Waals surface area contributed by atoms with Gasteiger partial charge in [0.25, 0.3) is 5.01 Å². The van der Waals surface area contributed by atoms with Gasteiger partial charge in [0.2, 0.25) is 0 Å². The van der Waals surface area contributed by atoms with Gasteiger partial charge in [0, 0.05) is 6.92 Å². The molecular weight excluding hydrogens is 154 g/mol. The molecule has 50 valence electrons. The molecule has 0 fully saturated rings. The second-order valence-electron chi connectivity index (χ2n) is 1.96. The minimum Gasteiger partial charge on any atom is -0.192 e. The zero-order valence-corrected chi connectivity index (χ0v) is 7.09. The van der Waals surface area contributed by atoms with E-state index in [1.54, 1.807) is 11.3 Å². The zero-order valence-electron chi connectivity index (χ0n) is 5.52. The van der Waals surface area contributed by atoms with Crippen LogP contribution in [-0.2, 0) is 12.9 Å². The third-order valence-electron chi connectivity index (χ3n) is 1.38. The number of rotatable bonds is 1. The average Bonchev–Trinajstić information content (AvgIpc) is 2.15. The van der Waals surface area contributed by atoms with E-state index in [-0.39, 0.29) is 0 Å². The van der Waals surface area contributed by atoms with Crippen LogP contribution < -0.4 is 4.57 Å². The van der Waals surface area contributed by atoms with E-state index >= 15 is 0 Å². The second kappa shape index (κ2) is 2.67. The van der Waals surface area contributed by atoms with Gasteiger partial charge in [0.1, 0.15) is 12.9 Å². The molecule has 0 radical (unpaired) electrons. The first-order chi connectivity index (χ1) is 4.25. The van der Waals surface area contributed by atoms with Crippen LogP contribution in [0.15, 0.2) is 5.38 Å². The van der Waals surface area contributed by atoms with Crippen LogP contribution in [0.1, 0.15) is 10.7 Å². The monoisotopic (exact) mass is 162 g/mol. The van der Waals surface area contributed by atoms with Gasteiger partial charge in [-0.2, -0.15) is 4.57 Å². The van der Waals surface area contributed by atoms with Gasteiger partial charge in [-0.3, -0.25) is 0 Å². The van der Waals surface area contributed by atoms with Crippen LogP contribution in [0.25, 0.3) is 0 Å². The van der Waals surface area contributed by atoms with Gasteiger partial charge in [-0.1, -0.05) is 11.3 Å². The Labute approximate surface area is 63.9 Å². The second-order valence-corrected chi connectivity index (χ2v) is 3.17. The Bertz CT molecular complexity index is 207. The number of halogens is 1. The molecule has 0 aliphatic heterocycles. The van der Waals surface area contributed by atoms with E-state index in [0.717, 1.165) is 0 Å². The van der Waals surface area contributed by atoms with Gasteiger partial charge in [-0.15, -0.1) is 11.6 Å². The lowest BCUT2D eigenvalue weighted by Gasteiger charge is -1.84. The van der Waals surface area contributed by atoms with Gasteiger partial charge in [0.15, 0.2) is 5.69 Å². The highest BCUT2D eigenvalue weighted by atomic mass is 35.5.